The van der Waals surface area contributed by atoms with E-state index in [0.29, 0.717) is 28.3 Å². The molecule has 1 aliphatic heterocycles. The largest absolute Gasteiger partial charge is 0.485 e. The predicted molar refractivity (Wildman–Crippen MR) is 109 cm³/mol. The number of fused-ring (bicyclic) bond motifs is 1. The number of carbonyl (C=O) groups excluding carboxylic acids is 1. The summed E-state index contributed by atoms with van der Waals surface area (Å²) in [5.41, 5.74) is 1.35. The number of oxazole rings is 1. The third-order valence-electron chi connectivity index (χ3n) is 5.00. The first kappa shape index (κ1) is 19.5. The molecule has 1 aliphatic rings. The van der Waals surface area contributed by atoms with Crippen LogP contribution in [0.25, 0.3) is 11.3 Å². The van der Waals surface area contributed by atoms with Gasteiger partial charge in [-0.25, -0.2) is 9.78 Å². The molecule has 3 aromatic rings. The van der Waals surface area contributed by atoms with Gasteiger partial charge in [0.1, 0.15) is 17.5 Å². The minimum absolute atomic E-state index is 0.413. The topological polar surface area (TPSA) is 120 Å². The lowest BCUT2D eigenvalue weighted by molar-refractivity contribution is -0.0618. The second kappa shape index (κ2) is 7.54. The second-order valence-electron chi connectivity index (χ2n) is 7.54. The summed E-state index contributed by atoms with van der Waals surface area (Å²) in [6.07, 6.45) is 1.90. The Bertz CT molecular complexity index is 1120. The van der Waals surface area contributed by atoms with E-state index in [-0.39, 0.29) is 0 Å². The Hall–Kier alpha value is -3.83. The Morgan fingerprint density at radius 3 is 2.83 bits per heavy atom. The van der Waals surface area contributed by atoms with Crippen molar-refractivity contribution < 1.29 is 19.1 Å². The van der Waals surface area contributed by atoms with Crippen molar-refractivity contribution >= 4 is 11.7 Å². The zero-order valence-electron chi connectivity index (χ0n) is 16.4. The number of aromatic nitrogens is 1. The van der Waals surface area contributed by atoms with E-state index in [1.807, 2.05) is 6.07 Å². The third kappa shape index (κ3) is 3.71. The summed E-state index contributed by atoms with van der Waals surface area (Å²) >= 11 is 0. The van der Waals surface area contributed by atoms with E-state index in [1.54, 1.807) is 56.4 Å². The van der Waals surface area contributed by atoms with Crippen LogP contribution in [-0.2, 0) is 0 Å². The maximum Gasteiger partial charge on any atom is 0.319 e. The summed E-state index contributed by atoms with van der Waals surface area (Å²) in [6, 6.07) is 12.9. The van der Waals surface area contributed by atoms with Crippen molar-refractivity contribution in [3.05, 3.63) is 66.2 Å². The maximum atomic E-state index is 12.7. The van der Waals surface area contributed by atoms with Gasteiger partial charge in [-0.1, -0.05) is 12.1 Å². The van der Waals surface area contributed by atoms with Gasteiger partial charge in [-0.3, -0.25) is 0 Å². The molecule has 2 amide bonds. The molecule has 0 unspecified atom stereocenters. The third-order valence-corrected chi connectivity index (χ3v) is 5.00. The number of nitrogens with zero attached hydrogens (tertiary/aromatic N) is 2. The first-order chi connectivity index (χ1) is 14.4. The lowest BCUT2D eigenvalue weighted by atomic mass is 9.86. The summed E-state index contributed by atoms with van der Waals surface area (Å²) in [5.74, 6) is 1.10. The van der Waals surface area contributed by atoms with E-state index in [0.717, 1.165) is 5.56 Å². The van der Waals surface area contributed by atoms with Crippen molar-refractivity contribution in [2.75, 3.05) is 5.32 Å². The molecule has 0 saturated heterocycles. The van der Waals surface area contributed by atoms with Gasteiger partial charge in [-0.15, -0.1) is 0 Å². The van der Waals surface area contributed by atoms with Gasteiger partial charge in [-0.2, -0.15) is 5.26 Å². The zero-order valence-corrected chi connectivity index (χ0v) is 16.4. The lowest BCUT2D eigenvalue weighted by Crippen LogP contribution is -2.54. The number of urea groups is 1. The molecule has 30 heavy (non-hydrogen) atoms. The van der Waals surface area contributed by atoms with E-state index >= 15 is 0 Å². The van der Waals surface area contributed by atoms with Crippen molar-refractivity contribution in [1.82, 2.24) is 10.3 Å². The van der Waals surface area contributed by atoms with Gasteiger partial charge in [0.25, 0.3) is 0 Å². The van der Waals surface area contributed by atoms with Crippen molar-refractivity contribution in [2.45, 2.75) is 31.6 Å². The number of aliphatic hydroxyl groups is 1. The number of amides is 2. The SMILES string of the molecule is CC1(C)Oc2ccc(C#N)cc2[C@@H](NC(=O)Nc2cccc(-c3cnco3)c2)[C@@H]1O. The van der Waals surface area contributed by atoms with E-state index < -0.39 is 23.8 Å². The van der Waals surface area contributed by atoms with E-state index in [2.05, 4.69) is 21.7 Å². The summed E-state index contributed by atoms with van der Waals surface area (Å²) in [6.45, 7) is 3.48. The van der Waals surface area contributed by atoms with Crippen LogP contribution in [-0.4, -0.2) is 27.8 Å². The molecule has 0 saturated carbocycles. The number of rotatable bonds is 3. The van der Waals surface area contributed by atoms with Gasteiger partial charge in [0.05, 0.1) is 23.9 Å². The maximum absolute atomic E-state index is 12.7. The standard InChI is InChI=1S/C22H20N4O4/c1-22(2)20(27)19(16-8-13(10-23)6-7-17(16)30-22)26-21(28)25-15-5-3-4-14(9-15)18-11-24-12-29-18/h3-9,11-12,19-20,27H,1-2H3,(H2,25,26,28)/t19-,20+/m1/s1. The quantitative estimate of drug-likeness (QED) is 0.613. The van der Waals surface area contributed by atoms with Crippen LogP contribution in [0, 0.1) is 11.3 Å². The number of ether oxygens (including phenoxy) is 1. The first-order valence-corrected chi connectivity index (χ1v) is 9.35. The van der Waals surface area contributed by atoms with Crippen LogP contribution in [0.1, 0.15) is 31.0 Å². The smallest absolute Gasteiger partial charge is 0.319 e. The van der Waals surface area contributed by atoms with Gasteiger partial charge < -0.3 is 24.9 Å². The molecule has 8 nitrogen and oxygen atoms in total. The fourth-order valence-corrected chi connectivity index (χ4v) is 3.44. The number of hydrogen-bond acceptors (Lipinski definition) is 6. The molecule has 0 bridgehead atoms. The molecule has 3 N–H and O–H groups in total. The molecular weight excluding hydrogens is 384 g/mol. The van der Waals surface area contributed by atoms with E-state index in [1.165, 1.54) is 6.39 Å². The van der Waals surface area contributed by atoms with Crippen LogP contribution in [0.15, 0.2) is 59.5 Å². The molecule has 0 fully saturated rings. The number of hydrogen-bond donors (Lipinski definition) is 3. The van der Waals surface area contributed by atoms with Crippen LogP contribution in [0.4, 0.5) is 10.5 Å². The number of nitrogens with one attached hydrogen (secondary N) is 2. The Morgan fingerprint density at radius 2 is 2.10 bits per heavy atom. The minimum atomic E-state index is -1.02. The van der Waals surface area contributed by atoms with Crippen molar-refractivity contribution in [3.8, 4) is 23.1 Å². The van der Waals surface area contributed by atoms with E-state index in [9.17, 15) is 15.2 Å². The molecule has 4 rings (SSSR count). The number of nitriles is 1. The molecule has 152 valence electrons. The first-order valence-electron chi connectivity index (χ1n) is 9.35. The zero-order chi connectivity index (χ0) is 21.3. The Labute approximate surface area is 173 Å². The van der Waals surface area contributed by atoms with Crippen LogP contribution >= 0.6 is 0 Å². The van der Waals surface area contributed by atoms with Gasteiger partial charge >= 0.3 is 6.03 Å². The highest BCUT2D eigenvalue weighted by Crippen LogP contribution is 2.40. The Balaban J connectivity index is 1.57. The van der Waals surface area contributed by atoms with Gasteiger partial charge in [0.15, 0.2) is 12.2 Å². The monoisotopic (exact) mass is 404 g/mol. The second-order valence-corrected chi connectivity index (χ2v) is 7.54. The molecule has 2 aromatic carbocycles. The Kier molecular flexibility index (Phi) is 4.90. The highest BCUT2D eigenvalue weighted by molar-refractivity contribution is 5.90. The summed E-state index contributed by atoms with van der Waals surface area (Å²) in [5, 5.41) is 25.6. The molecule has 2 heterocycles. The van der Waals surface area contributed by atoms with Crippen LogP contribution in [0.2, 0.25) is 0 Å². The molecule has 1 aromatic heterocycles. The molecule has 0 aliphatic carbocycles. The molecular formula is C22H20N4O4. The summed E-state index contributed by atoms with van der Waals surface area (Å²) in [7, 11) is 0. The van der Waals surface area contributed by atoms with Crippen molar-refractivity contribution in [3.63, 3.8) is 0 Å². The Morgan fingerprint density at radius 1 is 1.27 bits per heavy atom. The molecule has 2 atom stereocenters. The molecule has 8 heteroatoms. The predicted octanol–water partition coefficient (Wildman–Crippen LogP) is 3.61. The van der Waals surface area contributed by atoms with Crippen LogP contribution in [0.5, 0.6) is 5.75 Å². The van der Waals surface area contributed by atoms with Crippen LogP contribution < -0.4 is 15.4 Å². The minimum Gasteiger partial charge on any atom is -0.485 e. The number of carbonyl (C=O) groups is 1. The number of benzene rings is 2. The van der Waals surface area contributed by atoms with Crippen molar-refractivity contribution in [2.24, 2.45) is 0 Å². The highest BCUT2D eigenvalue weighted by atomic mass is 16.5. The van der Waals surface area contributed by atoms with Gasteiger partial charge in [0, 0.05) is 16.8 Å². The average molecular weight is 404 g/mol. The molecule has 0 radical (unpaired) electrons. The van der Waals surface area contributed by atoms with Crippen LogP contribution in [0.3, 0.4) is 0 Å². The highest BCUT2D eigenvalue weighted by Gasteiger charge is 2.43. The van der Waals surface area contributed by atoms with Gasteiger partial charge in [0.2, 0.25) is 0 Å². The summed E-state index contributed by atoms with van der Waals surface area (Å²) < 4.78 is 11.2. The van der Waals surface area contributed by atoms with E-state index in [4.69, 9.17) is 9.15 Å². The fourth-order valence-electron chi connectivity index (χ4n) is 3.44. The van der Waals surface area contributed by atoms with Gasteiger partial charge in [-0.05, 0) is 44.2 Å². The number of aliphatic hydroxyl groups excluding tert-OH is 1. The summed E-state index contributed by atoms with van der Waals surface area (Å²) in [4.78, 5) is 16.6. The normalized spacial score (nSPS) is 19.1. The number of anilines is 1. The van der Waals surface area contributed by atoms with Crippen molar-refractivity contribution in [1.29, 1.82) is 5.26 Å². The average Bonchev–Trinajstić information content (AvgIpc) is 3.26. The molecule has 0 spiro atoms. The fraction of sp³-hybridized carbons (Fsp3) is 0.227. The lowest BCUT2D eigenvalue weighted by Gasteiger charge is -2.42.